The molecule has 0 amide bonds. The molecule has 1 aromatic carbocycles. The quantitative estimate of drug-likeness (QED) is 0.747. The number of rotatable bonds is 6. The molecule has 4 heteroatoms. The summed E-state index contributed by atoms with van der Waals surface area (Å²) in [6.45, 7) is 4.28. The molecule has 0 aromatic heterocycles. The lowest BCUT2D eigenvalue weighted by Gasteiger charge is -2.25. The maximum atomic E-state index is 11.2. The lowest BCUT2D eigenvalue weighted by molar-refractivity contribution is -0.143. The van der Waals surface area contributed by atoms with E-state index < -0.39 is 11.5 Å². The van der Waals surface area contributed by atoms with E-state index in [4.69, 9.17) is 5.11 Å². The van der Waals surface area contributed by atoms with E-state index in [1.807, 2.05) is 37.3 Å². The van der Waals surface area contributed by atoms with Gasteiger partial charge in [-0.25, -0.2) is 0 Å². The van der Waals surface area contributed by atoms with Crippen LogP contribution in [-0.2, 0) is 4.79 Å². The third kappa shape index (κ3) is 3.54. The van der Waals surface area contributed by atoms with Crippen molar-refractivity contribution in [2.45, 2.75) is 24.3 Å². The normalized spacial score (nSPS) is 14.4. The molecular weight excluding hydrogens is 222 g/mol. The van der Waals surface area contributed by atoms with Crippen LogP contribution in [0.1, 0.15) is 13.8 Å². The minimum atomic E-state index is -0.866. The van der Waals surface area contributed by atoms with Gasteiger partial charge in [-0.15, -0.1) is 11.8 Å². The topological polar surface area (TPSA) is 49.3 Å². The van der Waals surface area contributed by atoms with Gasteiger partial charge in [-0.2, -0.15) is 0 Å². The van der Waals surface area contributed by atoms with E-state index in [1.54, 1.807) is 18.7 Å². The minimum Gasteiger partial charge on any atom is -0.480 e. The van der Waals surface area contributed by atoms with E-state index in [0.29, 0.717) is 12.3 Å². The van der Waals surface area contributed by atoms with E-state index in [0.717, 1.165) is 4.90 Å². The Kier molecular flexibility index (Phi) is 4.83. The number of thioether (sulfide) groups is 1. The van der Waals surface area contributed by atoms with Crippen LogP contribution in [0, 0.1) is 0 Å². The molecule has 0 aliphatic rings. The first-order valence-corrected chi connectivity index (χ1v) is 6.23. The average molecular weight is 239 g/mol. The van der Waals surface area contributed by atoms with Crippen LogP contribution >= 0.6 is 11.8 Å². The van der Waals surface area contributed by atoms with Crippen molar-refractivity contribution in [1.29, 1.82) is 0 Å². The summed E-state index contributed by atoms with van der Waals surface area (Å²) in [5.74, 6) is -0.294. The van der Waals surface area contributed by atoms with Crippen LogP contribution in [0.5, 0.6) is 0 Å². The molecule has 0 aliphatic heterocycles. The Hall–Kier alpha value is -1.00. The summed E-state index contributed by atoms with van der Waals surface area (Å²) in [5.41, 5.74) is -0.866. The fraction of sp³-hybridized carbons (Fsp3) is 0.417. The Morgan fingerprint density at radius 1 is 1.44 bits per heavy atom. The second kappa shape index (κ2) is 5.92. The SMILES string of the molecule is CCNC(C)(CSc1ccccc1)C(=O)O. The Morgan fingerprint density at radius 2 is 2.06 bits per heavy atom. The molecule has 0 fully saturated rings. The van der Waals surface area contributed by atoms with Crippen molar-refractivity contribution in [2.75, 3.05) is 12.3 Å². The first kappa shape index (κ1) is 13.1. The van der Waals surface area contributed by atoms with Crippen molar-refractivity contribution < 1.29 is 9.90 Å². The predicted molar refractivity (Wildman–Crippen MR) is 66.9 cm³/mol. The lowest BCUT2D eigenvalue weighted by atomic mass is 10.1. The molecule has 0 bridgehead atoms. The molecule has 0 aliphatic carbocycles. The first-order chi connectivity index (χ1) is 7.58. The van der Waals surface area contributed by atoms with Crippen LogP contribution in [0.4, 0.5) is 0 Å². The molecule has 0 saturated heterocycles. The molecule has 0 saturated carbocycles. The highest BCUT2D eigenvalue weighted by Gasteiger charge is 2.31. The fourth-order valence-electron chi connectivity index (χ4n) is 1.32. The molecule has 0 radical (unpaired) electrons. The largest absolute Gasteiger partial charge is 0.480 e. The molecule has 0 spiro atoms. The second-order valence-corrected chi connectivity index (χ2v) is 4.82. The Labute approximate surface area is 100 Å². The van der Waals surface area contributed by atoms with Gasteiger partial charge in [-0.05, 0) is 25.6 Å². The standard InChI is InChI=1S/C12H17NO2S/c1-3-13-12(2,11(14)15)9-16-10-7-5-4-6-8-10/h4-8,13H,3,9H2,1-2H3,(H,14,15). The van der Waals surface area contributed by atoms with Gasteiger partial charge in [0.15, 0.2) is 0 Å². The number of carbonyl (C=O) groups is 1. The molecular formula is C12H17NO2S. The van der Waals surface area contributed by atoms with E-state index in [1.165, 1.54) is 0 Å². The van der Waals surface area contributed by atoms with Gasteiger partial charge in [-0.3, -0.25) is 4.79 Å². The van der Waals surface area contributed by atoms with E-state index >= 15 is 0 Å². The number of hydrogen-bond acceptors (Lipinski definition) is 3. The minimum absolute atomic E-state index is 0.514. The van der Waals surface area contributed by atoms with Crippen molar-refractivity contribution >= 4 is 17.7 Å². The molecule has 1 rings (SSSR count). The second-order valence-electron chi connectivity index (χ2n) is 3.77. The van der Waals surface area contributed by atoms with Crippen LogP contribution < -0.4 is 5.32 Å². The zero-order valence-corrected chi connectivity index (χ0v) is 10.4. The number of nitrogens with one attached hydrogen (secondary N) is 1. The first-order valence-electron chi connectivity index (χ1n) is 5.25. The lowest BCUT2D eigenvalue weighted by Crippen LogP contribution is -2.51. The Bertz CT molecular complexity index is 342. The monoisotopic (exact) mass is 239 g/mol. The molecule has 3 nitrogen and oxygen atoms in total. The van der Waals surface area contributed by atoms with Gasteiger partial charge >= 0.3 is 5.97 Å². The number of aliphatic carboxylic acids is 1. The highest BCUT2D eigenvalue weighted by Crippen LogP contribution is 2.22. The van der Waals surface area contributed by atoms with E-state index in [9.17, 15) is 4.79 Å². The van der Waals surface area contributed by atoms with Gasteiger partial charge in [0.1, 0.15) is 5.54 Å². The van der Waals surface area contributed by atoms with Crippen molar-refractivity contribution in [1.82, 2.24) is 5.32 Å². The predicted octanol–water partition coefficient (Wildman–Crippen LogP) is 2.23. The molecule has 1 unspecified atom stereocenters. The Morgan fingerprint density at radius 3 is 2.56 bits per heavy atom. The fourth-order valence-corrected chi connectivity index (χ4v) is 2.35. The van der Waals surface area contributed by atoms with Crippen molar-refractivity contribution in [3.8, 4) is 0 Å². The number of hydrogen-bond donors (Lipinski definition) is 2. The summed E-state index contributed by atoms with van der Waals surface area (Å²) in [4.78, 5) is 12.2. The van der Waals surface area contributed by atoms with Crippen LogP contribution in [0.15, 0.2) is 35.2 Å². The maximum absolute atomic E-state index is 11.2. The van der Waals surface area contributed by atoms with Crippen LogP contribution in [-0.4, -0.2) is 28.9 Å². The summed E-state index contributed by atoms with van der Waals surface area (Å²) >= 11 is 1.55. The smallest absolute Gasteiger partial charge is 0.324 e. The Balaban J connectivity index is 2.60. The zero-order valence-electron chi connectivity index (χ0n) is 9.56. The van der Waals surface area contributed by atoms with Crippen LogP contribution in [0.25, 0.3) is 0 Å². The number of carboxylic acids is 1. The molecule has 0 heterocycles. The van der Waals surface area contributed by atoms with Crippen LogP contribution in [0.3, 0.4) is 0 Å². The highest BCUT2D eigenvalue weighted by molar-refractivity contribution is 7.99. The molecule has 16 heavy (non-hydrogen) atoms. The zero-order chi connectivity index (χ0) is 12.0. The van der Waals surface area contributed by atoms with E-state index in [-0.39, 0.29) is 0 Å². The third-order valence-electron chi connectivity index (χ3n) is 2.31. The summed E-state index contributed by atoms with van der Waals surface area (Å²) in [7, 11) is 0. The summed E-state index contributed by atoms with van der Waals surface area (Å²) in [6.07, 6.45) is 0. The average Bonchev–Trinajstić information content (AvgIpc) is 2.28. The van der Waals surface area contributed by atoms with Gasteiger partial charge in [0.05, 0.1) is 0 Å². The van der Waals surface area contributed by atoms with Crippen molar-refractivity contribution in [3.05, 3.63) is 30.3 Å². The maximum Gasteiger partial charge on any atom is 0.324 e. The summed E-state index contributed by atoms with van der Waals surface area (Å²) in [6, 6.07) is 9.82. The molecule has 1 aromatic rings. The molecule has 2 N–H and O–H groups in total. The van der Waals surface area contributed by atoms with E-state index in [2.05, 4.69) is 5.32 Å². The molecule has 1 atom stereocenters. The summed E-state index contributed by atoms with van der Waals surface area (Å²) in [5, 5.41) is 12.2. The summed E-state index contributed by atoms with van der Waals surface area (Å²) < 4.78 is 0. The number of carboxylic acid groups (broad SMARTS) is 1. The van der Waals surface area contributed by atoms with Gasteiger partial charge in [0, 0.05) is 10.6 Å². The molecule has 88 valence electrons. The third-order valence-corrected chi connectivity index (χ3v) is 3.64. The van der Waals surface area contributed by atoms with Gasteiger partial charge in [-0.1, -0.05) is 25.1 Å². The van der Waals surface area contributed by atoms with Crippen molar-refractivity contribution in [3.63, 3.8) is 0 Å². The number of benzene rings is 1. The van der Waals surface area contributed by atoms with Gasteiger partial charge in [0.2, 0.25) is 0 Å². The van der Waals surface area contributed by atoms with Gasteiger partial charge in [0.25, 0.3) is 0 Å². The number of likely N-dealkylation sites (N-methyl/N-ethyl adjacent to an activating group) is 1. The van der Waals surface area contributed by atoms with Gasteiger partial charge < -0.3 is 10.4 Å². The van der Waals surface area contributed by atoms with Crippen LogP contribution in [0.2, 0.25) is 0 Å². The van der Waals surface area contributed by atoms with Crippen molar-refractivity contribution in [2.24, 2.45) is 0 Å². The highest BCUT2D eigenvalue weighted by atomic mass is 32.2.